The molecule has 0 bridgehead atoms. The van der Waals surface area contributed by atoms with E-state index in [9.17, 15) is 0 Å². The average Bonchev–Trinajstić information content (AvgIpc) is 2.97. The van der Waals surface area contributed by atoms with Gasteiger partial charge in [0.15, 0.2) is 0 Å². The molecule has 0 aliphatic carbocycles. The first-order chi connectivity index (χ1) is 9.74. The van der Waals surface area contributed by atoms with E-state index in [0.29, 0.717) is 12.0 Å². The van der Waals surface area contributed by atoms with Gasteiger partial charge in [0.1, 0.15) is 5.75 Å². The summed E-state index contributed by atoms with van der Waals surface area (Å²) in [5.41, 5.74) is 1.33. The summed E-state index contributed by atoms with van der Waals surface area (Å²) in [7, 11) is 1.70. The Labute approximate surface area is 130 Å². The van der Waals surface area contributed by atoms with Gasteiger partial charge in [0.05, 0.1) is 18.2 Å². The van der Waals surface area contributed by atoms with Gasteiger partial charge < -0.3 is 14.8 Å². The molecule has 112 valence electrons. The standard InChI is InChI=1S/C16H24BrNO2/c1-3-7-18-15(13-6-8-20-11-13)10-12-4-5-16(19-2)14(17)9-12/h4-5,9,13,15,18H,3,6-8,10-11H2,1-2H3. The lowest BCUT2D eigenvalue weighted by atomic mass is 9.92. The molecule has 1 aromatic carbocycles. The predicted octanol–water partition coefficient (Wildman–Crippen LogP) is 3.40. The molecule has 1 aliphatic heterocycles. The Morgan fingerprint density at radius 2 is 2.35 bits per heavy atom. The number of nitrogens with one attached hydrogen (secondary N) is 1. The molecule has 1 aromatic rings. The van der Waals surface area contributed by atoms with Crippen LogP contribution in [0.15, 0.2) is 22.7 Å². The van der Waals surface area contributed by atoms with Crippen LogP contribution < -0.4 is 10.1 Å². The van der Waals surface area contributed by atoms with Gasteiger partial charge in [0.25, 0.3) is 0 Å². The number of benzene rings is 1. The van der Waals surface area contributed by atoms with Gasteiger partial charge in [-0.05, 0) is 59.4 Å². The van der Waals surface area contributed by atoms with Crippen LogP contribution in [0.5, 0.6) is 5.75 Å². The minimum absolute atomic E-state index is 0.498. The second-order valence-corrected chi connectivity index (χ2v) is 6.21. The summed E-state index contributed by atoms with van der Waals surface area (Å²) in [4.78, 5) is 0. The molecule has 0 radical (unpaired) electrons. The van der Waals surface area contributed by atoms with E-state index in [0.717, 1.165) is 42.8 Å². The second-order valence-electron chi connectivity index (χ2n) is 5.36. The van der Waals surface area contributed by atoms with Crippen LogP contribution >= 0.6 is 15.9 Å². The van der Waals surface area contributed by atoms with Gasteiger partial charge in [-0.3, -0.25) is 0 Å². The summed E-state index contributed by atoms with van der Waals surface area (Å²) in [6, 6.07) is 6.84. The van der Waals surface area contributed by atoms with Gasteiger partial charge in [-0.25, -0.2) is 0 Å². The first-order valence-corrected chi connectivity index (χ1v) is 8.17. The van der Waals surface area contributed by atoms with Crippen molar-refractivity contribution >= 4 is 15.9 Å². The highest BCUT2D eigenvalue weighted by Crippen LogP contribution is 2.27. The van der Waals surface area contributed by atoms with E-state index in [1.807, 2.05) is 6.07 Å². The van der Waals surface area contributed by atoms with E-state index in [1.165, 1.54) is 12.0 Å². The fraction of sp³-hybridized carbons (Fsp3) is 0.625. The highest BCUT2D eigenvalue weighted by Gasteiger charge is 2.25. The zero-order chi connectivity index (χ0) is 14.4. The van der Waals surface area contributed by atoms with Gasteiger partial charge in [0, 0.05) is 18.6 Å². The highest BCUT2D eigenvalue weighted by molar-refractivity contribution is 9.10. The van der Waals surface area contributed by atoms with Crippen LogP contribution in [0.25, 0.3) is 0 Å². The molecular weight excluding hydrogens is 318 g/mol. The number of methoxy groups -OCH3 is 1. The largest absolute Gasteiger partial charge is 0.496 e. The van der Waals surface area contributed by atoms with E-state index in [-0.39, 0.29) is 0 Å². The minimum atomic E-state index is 0.498. The third-order valence-corrected chi connectivity index (χ3v) is 4.48. The molecule has 0 saturated carbocycles. The molecule has 3 nitrogen and oxygen atoms in total. The van der Waals surface area contributed by atoms with E-state index in [1.54, 1.807) is 7.11 Å². The Morgan fingerprint density at radius 1 is 1.50 bits per heavy atom. The molecule has 2 atom stereocenters. The maximum Gasteiger partial charge on any atom is 0.133 e. The maximum atomic E-state index is 5.55. The van der Waals surface area contributed by atoms with Crippen molar-refractivity contribution in [2.45, 2.75) is 32.2 Å². The summed E-state index contributed by atoms with van der Waals surface area (Å²) in [6.45, 7) is 5.07. The van der Waals surface area contributed by atoms with E-state index >= 15 is 0 Å². The molecule has 1 fully saturated rings. The van der Waals surface area contributed by atoms with Crippen molar-refractivity contribution in [2.24, 2.45) is 5.92 Å². The monoisotopic (exact) mass is 341 g/mol. The van der Waals surface area contributed by atoms with Crippen molar-refractivity contribution in [1.29, 1.82) is 0 Å². The van der Waals surface area contributed by atoms with Crippen molar-refractivity contribution in [3.8, 4) is 5.75 Å². The average molecular weight is 342 g/mol. The lowest BCUT2D eigenvalue weighted by Crippen LogP contribution is -2.38. The maximum absolute atomic E-state index is 5.55. The SMILES string of the molecule is CCCNC(Cc1ccc(OC)c(Br)c1)C1CCOC1. The van der Waals surface area contributed by atoms with E-state index < -0.39 is 0 Å². The fourth-order valence-corrected chi connectivity index (χ4v) is 3.28. The topological polar surface area (TPSA) is 30.5 Å². The number of halogens is 1. The Kier molecular flexibility index (Phi) is 6.33. The summed E-state index contributed by atoms with van der Waals surface area (Å²) in [5.74, 6) is 1.51. The van der Waals surface area contributed by atoms with E-state index in [2.05, 4.69) is 40.3 Å². The lowest BCUT2D eigenvalue weighted by Gasteiger charge is -2.24. The van der Waals surface area contributed by atoms with Crippen molar-refractivity contribution < 1.29 is 9.47 Å². The van der Waals surface area contributed by atoms with Crippen molar-refractivity contribution in [3.63, 3.8) is 0 Å². The molecule has 20 heavy (non-hydrogen) atoms. The van der Waals surface area contributed by atoms with Crippen molar-refractivity contribution in [1.82, 2.24) is 5.32 Å². The first kappa shape index (κ1) is 15.8. The minimum Gasteiger partial charge on any atom is -0.496 e. The quantitative estimate of drug-likeness (QED) is 0.824. The highest BCUT2D eigenvalue weighted by atomic mass is 79.9. The molecule has 0 amide bonds. The Hall–Kier alpha value is -0.580. The van der Waals surface area contributed by atoms with Crippen LogP contribution in [0, 0.1) is 5.92 Å². The normalized spacial score (nSPS) is 20.1. The van der Waals surface area contributed by atoms with Crippen LogP contribution in [-0.4, -0.2) is 32.9 Å². The van der Waals surface area contributed by atoms with Crippen molar-refractivity contribution in [3.05, 3.63) is 28.2 Å². The van der Waals surface area contributed by atoms with Gasteiger partial charge in [-0.1, -0.05) is 13.0 Å². The summed E-state index contributed by atoms with van der Waals surface area (Å²) in [6.07, 6.45) is 3.37. The van der Waals surface area contributed by atoms with Gasteiger partial charge >= 0.3 is 0 Å². The Balaban J connectivity index is 2.04. The molecule has 0 spiro atoms. The smallest absolute Gasteiger partial charge is 0.133 e. The third kappa shape index (κ3) is 4.21. The van der Waals surface area contributed by atoms with Crippen LogP contribution in [0.1, 0.15) is 25.3 Å². The number of hydrogen-bond acceptors (Lipinski definition) is 3. The van der Waals surface area contributed by atoms with Gasteiger partial charge in [-0.2, -0.15) is 0 Å². The molecular formula is C16H24BrNO2. The zero-order valence-corrected chi connectivity index (χ0v) is 13.9. The summed E-state index contributed by atoms with van der Waals surface area (Å²) in [5, 5.41) is 3.68. The fourth-order valence-electron chi connectivity index (χ4n) is 2.70. The molecule has 2 unspecified atom stereocenters. The molecule has 2 rings (SSSR count). The third-order valence-electron chi connectivity index (χ3n) is 3.86. The molecule has 1 N–H and O–H groups in total. The number of hydrogen-bond donors (Lipinski definition) is 1. The van der Waals surface area contributed by atoms with Crippen LogP contribution in [-0.2, 0) is 11.2 Å². The number of ether oxygens (including phenoxy) is 2. The summed E-state index contributed by atoms with van der Waals surface area (Å²) >= 11 is 3.56. The van der Waals surface area contributed by atoms with Crippen LogP contribution in [0.4, 0.5) is 0 Å². The Morgan fingerprint density at radius 3 is 2.95 bits per heavy atom. The van der Waals surface area contributed by atoms with Gasteiger partial charge in [-0.15, -0.1) is 0 Å². The van der Waals surface area contributed by atoms with Crippen LogP contribution in [0.2, 0.25) is 0 Å². The first-order valence-electron chi connectivity index (χ1n) is 7.38. The lowest BCUT2D eigenvalue weighted by molar-refractivity contribution is 0.176. The van der Waals surface area contributed by atoms with E-state index in [4.69, 9.17) is 9.47 Å². The Bertz CT molecular complexity index is 419. The number of rotatable bonds is 7. The van der Waals surface area contributed by atoms with Crippen LogP contribution in [0.3, 0.4) is 0 Å². The summed E-state index contributed by atoms with van der Waals surface area (Å²) < 4.78 is 11.9. The van der Waals surface area contributed by atoms with Gasteiger partial charge in [0.2, 0.25) is 0 Å². The molecule has 1 aliphatic rings. The zero-order valence-electron chi connectivity index (χ0n) is 12.3. The second kappa shape index (κ2) is 8.01. The molecule has 1 heterocycles. The predicted molar refractivity (Wildman–Crippen MR) is 85.4 cm³/mol. The molecule has 4 heteroatoms. The molecule has 0 aromatic heterocycles. The van der Waals surface area contributed by atoms with Crippen molar-refractivity contribution in [2.75, 3.05) is 26.9 Å². The molecule has 1 saturated heterocycles.